The third-order valence-electron chi connectivity index (χ3n) is 4.21. The van der Waals surface area contributed by atoms with Gasteiger partial charge in [0.05, 0.1) is 0 Å². The first-order valence-electron chi connectivity index (χ1n) is 7.27. The molecule has 1 aromatic heterocycles. The molecule has 2 aromatic carbocycles. The Hall–Kier alpha value is -1.81. The molecule has 0 atom stereocenters. The summed E-state index contributed by atoms with van der Waals surface area (Å²) in [5.41, 5.74) is 5.38. The van der Waals surface area contributed by atoms with E-state index in [0.717, 1.165) is 0 Å². The zero-order valence-electron chi connectivity index (χ0n) is 12.3. The zero-order chi connectivity index (χ0) is 14.4. The van der Waals surface area contributed by atoms with Gasteiger partial charge in [-0.3, -0.25) is 0 Å². The fourth-order valence-electron chi connectivity index (χ4n) is 3.19. The van der Waals surface area contributed by atoms with Gasteiger partial charge in [-0.2, -0.15) is 0 Å². The molecule has 2 nitrogen and oxygen atoms in total. The van der Waals surface area contributed by atoms with E-state index in [2.05, 4.69) is 77.8 Å². The van der Waals surface area contributed by atoms with Crippen LogP contribution in [-0.2, 0) is 7.05 Å². The summed E-state index contributed by atoms with van der Waals surface area (Å²) < 4.78 is 6.29. The van der Waals surface area contributed by atoms with E-state index in [1.54, 1.807) is 4.40 Å². The fourth-order valence-corrected chi connectivity index (χ4v) is 5.44. The molecule has 0 saturated carbocycles. The number of rotatable bonds is 1. The molecular formula is C18H17GeN2+. The molecule has 21 heavy (non-hydrogen) atoms. The summed E-state index contributed by atoms with van der Waals surface area (Å²) in [4.78, 5) is 0. The van der Waals surface area contributed by atoms with Gasteiger partial charge in [-0.1, -0.05) is 0 Å². The van der Waals surface area contributed by atoms with Gasteiger partial charge in [0.2, 0.25) is 0 Å². The van der Waals surface area contributed by atoms with Gasteiger partial charge in [0.1, 0.15) is 0 Å². The molecule has 1 aliphatic rings. The molecule has 0 N–H and O–H groups in total. The molecular weight excluding hydrogens is 317 g/mol. The number of allylic oxidation sites excluding steroid dienone is 1. The predicted molar refractivity (Wildman–Crippen MR) is 88.8 cm³/mol. The second-order valence-electron chi connectivity index (χ2n) is 5.51. The predicted octanol–water partition coefficient (Wildman–Crippen LogP) is 2.67. The standard InChI is InChI=1S/C18H17GeN2/c1-13-7-3-4-8-14(13)18-20(2)16-10-5-9-15-17(16)21(18)12-6-11-19-15/h3-10,12H,11H2,1-2H3/q+1. The Bertz CT molecular complexity index is 874. The van der Waals surface area contributed by atoms with Crippen molar-refractivity contribution in [2.75, 3.05) is 0 Å². The molecule has 0 unspecified atom stereocenters. The van der Waals surface area contributed by atoms with Crippen LogP contribution in [0.1, 0.15) is 5.56 Å². The Morgan fingerprint density at radius 2 is 1.95 bits per heavy atom. The number of para-hydroxylation sites is 1. The van der Waals surface area contributed by atoms with Crippen molar-refractivity contribution in [3.05, 3.63) is 54.1 Å². The van der Waals surface area contributed by atoms with Crippen LogP contribution in [0.3, 0.4) is 0 Å². The van der Waals surface area contributed by atoms with Crippen LogP contribution in [-0.4, -0.2) is 20.0 Å². The monoisotopic (exact) mass is 335 g/mol. The summed E-state index contributed by atoms with van der Waals surface area (Å²) in [5, 5.41) is 1.23. The number of nitrogens with zero attached hydrogens (tertiary/aromatic N) is 2. The Balaban J connectivity index is 2.17. The van der Waals surface area contributed by atoms with Gasteiger partial charge in [0.15, 0.2) is 0 Å². The summed E-state index contributed by atoms with van der Waals surface area (Å²) in [6.45, 7) is 2.19. The normalized spacial score (nSPS) is 13.6. The Labute approximate surface area is 131 Å². The van der Waals surface area contributed by atoms with Crippen LogP contribution in [0.2, 0.25) is 5.25 Å². The van der Waals surface area contributed by atoms with E-state index >= 15 is 0 Å². The van der Waals surface area contributed by atoms with Gasteiger partial charge in [-0.15, -0.1) is 0 Å². The Kier molecular flexibility index (Phi) is 3.00. The van der Waals surface area contributed by atoms with E-state index in [4.69, 9.17) is 0 Å². The third kappa shape index (κ3) is 1.89. The van der Waals surface area contributed by atoms with Crippen molar-refractivity contribution in [1.29, 1.82) is 0 Å². The molecule has 0 saturated heterocycles. The third-order valence-corrected chi connectivity index (χ3v) is 6.78. The maximum atomic E-state index is 2.39. The zero-order valence-corrected chi connectivity index (χ0v) is 14.4. The Morgan fingerprint density at radius 3 is 2.81 bits per heavy atom. The van der Waals surface area contributed by atoms with E-state index in [1.165, 1.54) is 33.2 Å². The van der Waals surface area contributed by atoms with Gasteiger partial charge in [0, 0.05) is 0 Å². The molecule has 3 aromatic rings. The van der Waals surface area contributed by atoms with Crippen molar-refractivity contribution in [2.45, 2.75) is 12.2 Å². The van der Waals surface area contributed by atoms with Crippen LogP contribution in [0.15, 0.2) is 48.5 Å². The molecule has 2 heterocycles. The summed E-state index contributed by atoms with van der Waals surface area (Å²) in [6, 6.07) is 15.4. The summed E-state index contributed by atoms with van der Waals surface area (Å²) in [7, 11) is 2.18. The van der Waals surface area contributed by atoms with Gasteiger partial charge >= 0.3 is 131 Å². The number of hydrogen-bond donors (Lipinski definition) is 0. The van der Waals surface area contributed by atoms with Crippen LogP contribution >= 0.6 is 0 Å². The molecule has 1 aliphatic heterocycles. The van der Waals surface area contributed by atoms with E-state index in [-0.39, 0.29) is 15.4 Å². The average molecular weight is 334 g/mol. The molecule has 0 bridgehead atoms. The SMILES string of the molecule is Cc1ccccc1-c1n(C)c2ccc[c]3c2[n+]1C=C[CH2][Ge]3. The van der Waals surface area contributed by atoms with E-state index in [1.807, 2.05) is 0 Å². The van der Waals surface area contributed by atoms with Gasteiger partial charge in [-0.05, 0) is 0 Å². The van der Waals surface area contributed by atoms with Crippen molar-refractivity contribution in [1.82, 2.24) is 4.57 Å². The average Bonchev–Trinajstić information content (AvgIpc) is 2.66. The van der Waals surface area contributed by atoms with Crippen molar-refractivity contribution >= 4 is 37.1 Å². The summed E-state index contributed by atoms with van der Waals surface area (Å²) in [6.07, 6.45) is 4.60. The van der Waals surface area contributed by atoms with E-state index in [9.17, 15) is 0 Å². The van der Waals surface area contributed by atoms with Crippen LogP contribution < -0.4 is 8.96 Å². The van der Waals surface area contributed by atoms with Crippen molar-refractivity contribution in [3.63, 3.8) is 0 Å². The quantitative estimate of drug-likeness (QED) is 0.478. The first-order valence-corrected chi connectivity index (χ1v) is 9.80. The molecule has 0 fully saturated rings. The number of imidazole rings is 1. The maximum absolute atomic E-state index is 2.39. The number of hydrogen-bond acceptors (Lipinski definition) is 0. The minimum absolute atomic E-state index is 0.0633. The van der Waals surface area contributed by atoms with Crippen molar-refractivity contribution < 1.29 is 4.57 Å². The molecule has 102 valence electrons. The van der Waals surface area contributed by atoms with Crippen LogP contribution in [0.4, 0.5) is 0 Å². The molecule has 0 amide bonds. The number of aromatic nitrogens is 2. The van der Waals surface area contributed by atoms with Crippen molar-refractivity contribution in [2.24, 2.45) is 7.05 Å². The number of benzene rings is 2. The van der Waals surface area contributed by atoms with Crippen LogP contribution in [0.5, 0.6) is 0 Å². The molecule has 2 radical (unpaired) electrons. The number of aryl methyl sites for hydroxylation is 2. The molecule has 0 aliphatic carbocycles. The van der Waals surface area contributed by atoms with Crippen molar-refractivity contribution in [3.8, 4) is 11.4 Å². The Morgan fingerprint density at radius 1 is 1.10 bits per heavy atom. The second-order valence-corrected chi connectivity index (χ2v) is 8.24. The minimum atomic E-state index is -0.0633. The first-order chi connectivity index (χ1) is 10.3. The molecule has 0 spiro atoms. The van der Waals surface area contributed by atoms with Gasteiger partial charge in [-0.25, -0.2) is 0 Å². The van der Waals surface area contributed by atoms with Gasteiger partial charge < -0.3 is 0 Å². The van der Waals surface area contributed by atoms with Crippen LogP contribution in [0.25, 0.3) is 28.6 Å². The summed E-state index contributed by atoms with van der Waals surface area (Å²) in [5.74, 6) is 1.28. The van der Waals surface area contributed by atoms with Crippen LogP contribution in [0, 0.1) is 6.92 Å². The fraction of sp³-hybridized carbons (Fsp3) is 0.167. The molecule has 4 rings (SSSR count). The van der Waals surface area contributed by atoms with Gasteiger partial charge in [0.25, 0.3) is 0 Å². The van der Waals surface area contributed by atoms with E-state index in [0.29, 0.717) is 0 Å². The summed E-state index contributed by atoms with van der Waals surface area (Å²) >= 11 is -0.0633. The first kappa shape index (κ1) is 12.9. The van der Waals surface area contributed by atoms with E-state index < -0.39 is 0 Å². The second kappa shape index (κ2) is 4.88. The topological polar surface area (TPSA) is 8.81 Å². The molecule has 3 heteroatoms.